The van der Waals surface area contributed by atoms with E-state index in [1.807, 2.05) is 6.92 Å². The molecule has 0 aliphatic heterocycles. The van der Waals surface area contributed by atoms with E-state index in [1.165, 1.54) is 0 Å². The summed E-state index contributed by atoms with van der Waals surface area (Å²) in [5.41, 5.74) is 0. The molecule has 0 aromatic heterocycles. The van der Waals surface area contributed by atoms with Crippen LogP contribution in [0.5, 0.6) is 0 Å². The number of hydrogen-bond acceptors (Lipinski definition) is 4. The first-order chi connectivity index (χ1) is 9.51. The molecule has 0 saturated heterocycles. The molecule has 0 aromatic rings. The Balaban J connectivity index is 2.12. The standard InChI is InChI=1S/C13H24N4O3/c1-3-4-7-14-13(20)16-12(19)9-17(2)8-11(18)15-10-5-6-10/h10H,3-9H2,1-2H3,(H,15,18)(H2,14,16,19,20). The van der Waals surface area contributed by atoms with Gasteiger partial charge in [-0.15, -0.1) is 0 Å². The van der Waals surface area contributed by atoms with Gasteiger partial charge in [-0.2, -0.15) is 0 Å². The third-order valence-electron chi connectivity index (χ3n) is 2.84. The molecule has 114 valence electrons. The maximum atomic E-state index is 11.6. The highest BCUT2D eigenvalue weighted by Gasteiger charge is 2.23. The Morgan fingerprint density at radius 3 is 2.40 bits per heavy atom. The summed E-state index contributed by atoms with van der Waals surface area (Å²) in [6.45, 7) is 2.74. The molecule has 0 radical (unpaired) electrons. The lowest BCUT2D eigenvalue weighted by molar-refractivity contribution is -0.124. The number of imide groups is 1. The fraction of sp³-hybridized carbons (Fsp3) is 0.769. The SMILES string of the molecule is CCCCNC(=O)NC(=O)CN(C)CC(=O)NC1CC1. The summed E-state index contributed by atoms with van der Waals surface area (Å²) in [5, 5.41) is 7.67. The van der Waals surface area contributed by atoms with Crippen molar-refractivity contribution in [3.05, 3.63) is 0 Å². The summed E-state index contributed by atoms with van der Waals surface area (Å²) in [7, 11) is 1.67. The summed E-state index contributed by atoms with van der Waals surface area (Å²) in [5.74, 6) is -0.504. The van der Waals surface area contributed by atoms with Crippen molar-refractivity contribution in [1.82, 2.24) is 20.9 Å². The van der Waals surface area contributed by atoms with Crippen molar-refractivity contribution in [2.45, 2.75) is 38.6 Å². The summed E-state index contributed by atoms with van der Waals surface area (Å²) < 4.78 is 0. The average Bonchev–Trinajstić information content (AvgIpc) is 3.12. The van der Waals surface area contributed by atoms with Gasteiger partial charge in [-0.05, 0) is 26.3 Å². The topological polar surface area (TPSA) is 90.5 Å². The highest BCUT2D eigenvalue weighted by Crippen LogP contribution is 2.18. The van der Waals surface area contributed by atoms with E-state index in [2.05, 4.69) is 16.0 Å². The van der Waals surface area contributed by atoms with Gasteiger partial charge in [0, 0.05) is 12.6 Å². The van der Waals surface area contributed by atoms with Gasteiger partial charge in [-0.1, -0.05) is 13.3 Å². The van der Waals surface area contributed by atoms with Gasteiger partial charge in [0.1, 0.15) is 0 Å². The molecule has 1 rings (SSSR count). The Morgan fingerprint density at radius 1 is 1.15 bits per heavy atom. The average molecular weight is 284 g/mol. The van der Waals surface area contributed by atoms with E-state index in [0.717, 1.165) is 25.7 Å². The molecule has 1 aliphatic rings. The molecule has 1 saturated carbocycles. The van der Waals surface area contributed by atoms with Gasteiger partial charge < -0.3 is 10.6 Å². The van der Waals surface area contributed by atoms with Gasteiger partial charge in [-0.3, -0.25) is 19.8 Å². The van der Waals surface area contributed by atoms with Gasteiger partial charge in [0.25, 0.3) is 0 Å². The maximum absolute atomic E-state index is 11.6. The highest BCUT2D eigenvalue weighted by atomic mass is 16.2. The van der Waals surface area contributed by atoms with Gasteiger partial charge in [0.2, 0.25) is 11.8 Å². The second-order valence-electron chi connectivity index (χ2n) is 5.17. The fourth-order valence-electron chi connectivity index (χ4n) is 1.64. The van der Waals surface area contributed by atoms with Crippen molar-refractivity contribution in [1.29, 1.82) is 0 Å². The number of nitrogens with one attached hydrogen (secondary N) is 3. The lowest BCUT2D eigenvalue weighted by Crippen LogP contribution is -2.45. The molecule has 0 atom stereocenters. The first-order valence-electron chi connectivity index (χ1n) is 7.06. The fourth-order valence-corrected chi connectivity index (χ4v) is 1.64. The molecule has 3 N–H and O–H groups in total. The van der Waals surface area contributed by atoms with Crippen LogP contribution in [0.1, 0.15) is 32.6 Å². The smallest absolute Gasteiger partial charge is 0.321 e. The van der Waals surface area contributed by atoms with E-state index < -0.39 is 11.9 Å². The van der Waals surface area contributed by atoms with Crippen LogP contribution in [0.4, 0.5) is 4.79 Å². The second kappa shape index (κ2) is 8.52. The minimum atomic E-state index is -0.487. The molecule has 1 fully saturated rings. The summed E-state index contributed by atoms with van der Waals surface area (Å²) in [4.78, 5) is 36.0. The van der Waals surface area contributed by atoms with Crippen LogP contribution < -0.4 is 16.0 Å². The predicted octanol–water partition coefficient (Wildman–Crippen LogP) is -0.177. The Morgan fingerprint density at radius 2 is 1.80 bits per heavy atom. The minimum Gasteiger partial charge on any atom is -0.352 e. The number of hydrogen-bond donors (Lipinski definition) is 3. The molecule has 1 aliphatic carbocycles. The van der Waals surface area contributed by atoms with Gasteiger partial charge in [0.05, 0.1) is 13.1 Å². The summed E-state index contributed by atoms with van der Waals surface area (Å²) in [6.07, 6.45) is 3.93. The largest absolute Gasteiger partial charge is 0.352 e. The van der Waals surface area contributed by atoms with Gasteiger partial charge in [0.15, 0.2) is 0 Å². The summed E-state index contributed by atoms with van der Waals surface area (Å²) in [6, 6.07) is -0.173. The molecule has 0 unspecified atom stereocenters. The van der Waals surface area contributed by atoms with Crippen LogP contribution in [0, 0.1) is 0 Å². The van der Waals surface area contributed by atoms with Crippen LogP contribution in [0.3, 0.4) is 0 Å². The number of rotatable bonds is 8. The Hall–Kier alpha value is -1.63. The molecule has 7 nitrogen and oxygen atoms in total. The molecule has 0 spiro atoms. The molecule has 0 bridgehead atoms. The van der Waals surface area contributed by atoms with Crippen LogP contribution in [-0.4, -0.2) is 55.5 Å². The van der Waals surface area contributed by atoms with Crippen molar-refractivity contribution in [2.75, 3.05) is 26.7 Å². The third-order valence-corrected chi connectivity index (χ3v) is 2.84. The normalized spacial score (nSPS) is 13.9. The van der Waals surface area contributed by atoms with Crippen molar-refractivity contribution in [3.8, 4) is 0 Å². The highest BCUT2D eigenvalue weighted by molar-refractivity contribution is 5.95. The lowest BCUT2D eigenvalue weighted by Gasteiger charge is -2.15. The van der Waals surface area contributed by atoms with Crippen molar-refractivity contribution >= 4 is 17.8 Å². The zero-order valence-corrected chi connectivity index (χ0v) is 12.2. The first kappa shape index (κ1) is 16.4. The van der Waals surface area contributed by atoms with E-state index in [-0.39, 0.29) is 19.0 Å². The monoisotopic (exact) mass is 284 g/mol. The molecular weight excluding hydrogens is 260 g/mol. The number of unbranched alkanes of at least 4 members (excludes halogenated alkanes) is 1. The maximum Gasteiger partial charge on any atom is 0.321 e. The molecule has 20 heavy (non-hydrogen) atoms. The number of likely N-dealkylation sites (N-methyl/N-ethyl adjacent to an activating group) is 1. The van der Waals surface area contributed by atoms with Gasteiger partial charge in [-0.25, -0.2) is 4.79 Å². The Kier molecular flexibility index (Phi) is 7.00. The summed E-state index contributed by atoms with van der Waals surface area (Å²) >= 11 is 0. The Bertz CT molecular complexity index is 356. The Labute approximate surface area is 119 Å². The van der Waals surface area contributed by atoms with E-state index >= 15 is 0 Å². The number of carbonyl (C=O) groups excluding carboxylic acids is 3. The van der Waals surface area contributed by atoms with E-state index in [4.69, 9.17) is 0 Å². The molecular formula is C13H24N4O3. The zero-order valence-electron chi connectivity index (χ0n) is 12.2. The van der Waals surface area contributed by atoms with Crippen LogP contribution in [0.2, 0.25) is 0 Å². The van der Waals surface area contributed by atoms with Crippen LogP contribution >= 0.6 is 0 Å². The number of amides is 4. The quantitative estimate of drug-likeness (QED) is 0.539. The second-order valence-corrected chi connectivity index (χ2v) is 5.17. The number of nitrogens with zero attached hydrogens (tertiary/aromatic N) is 1. The molecule has 4 amide bonds. The van der Waals surface area contributed by atoms with E-state index in [9.17, 15) is 14.4 Å². The molecule has 0 heterocycles. The third kappa shape index (κ3) is 7.73. The number of urea groups is 1. The first-order valence-corrected chi connectivity index (χ1v) is 7.06. The van der Waals surface area contributed by atoms with Crippen molar-refractivity contribution in [3.63, 3.8) is 0 Å². The number of carbonyl (C=O) groups is 3. The van der Waals surface area contributed by atoms with E-state index in [1.54, 1.807) is 11.9 Å². The predicted molar refractivity (Wildman–Crippen MR) is 75.1 cm³/mol. The molecule has 0 aromatic carbocycles. The van der Waals surface area contributed by atoms with Crippen LogP contribution in [-0.2, 0) is 9.59 Å². The van der Waals surface area contributed by atoms with E-state index in [0.29, 0.717) is 12.6 Å². The van der Waals surface area contributed by atoms with Gasteiger partial charge >= 0.3 is 6.03 Å². The zero-order chi connectivity index (χ0) is 15.0. The minimum absolute atomic E-state index is 0.0132. The van der Waals surface area contributed by atoms with Crippen LogP contribution in [0.25, 0.3) is 0 Å². The van der Waals surface area contributed by atoms with Crippen molar-refractivity contribution in [2.24, 2.45) is 0 Å². The molecule has 7 heteroatoms. The van der Waals surface area contributed by atoms with Crippen LogP contribution in [0.15, 0.2) is 0 Å². The lowest BCUT2D eigenvalue weighted by atomic mass is 10.3. The van der Waals surface area contributed by atoms with Crippen molar-refractivity contribution < 1.29 is 14.4 Å².